The number of aromatic nitrogens is 1. The van der Waals surface area contributed by atoms with Gasteiger partial charge in [-0.25, -0.2) is 4.98 Å². The molecule has 0 saturated carbocycles. The minimum Gasteiger partial charge on any atom is -0.389 e. The van der Waals surface area contributed by atoms with Gasteiger partial charge in [0.1, 0.15) is 11.6 Å². The van der Waals surface area contributed by atoms with E-state index in [2.05, 4.69) is 4.98 Å². The molecule has 0 unspecified atom stereocenters. The second-order valence-electron chi connectivity index (χ2n) is 3.46. The second-order valence-corrected chi connectivity index (χ2v) is 3.46. The molecule has 0 radical (unpaired) electrons. The number of nitrogens with zero attached hydrogens (tertiary/aromatic N) is 4. The number of anilines is 1. The van der Waals surface area contributed by atoms with Gasteiger partial charge >= 0.3 is 5.69 Å². The zero-order valence-corrected chi connectivity index (χ0v) is 8.20. The molecule has 0 aromatic carbocycles. The first kappa shape index (κ1) is 10.3. The lowest BCUT2D eigenvalue weighted by atomic mass is 10.1. The van der Waals surface area contributed by atoms with E-state index in [0.29, 0.717) is 13.1 Å². The summed E-state index contributed by atoms with van der Waals surface area (Å²) in [6.07, 6.45) is 0.873. The molecule has 7 heteroatoms. The summed E-state index contributed by atoms with van der Waals surface area (Å²) >= 11 is 0. The summed E-state index contributed by atoms with van der Waals surface area (Å²) in [6, 6.07) is 3.06. The number of nitriles is 1. The van der Waals surface area contributed by atoms with Gasteiger partial charge < -0.3 is 10.0 Å². The average molecular weight is 220 g/mol. The van der Waals surface area contributed by atoms with Crippen molar-refractivity contribution < 1.29 is 10.0 Å². The quantitative estimate of drug-likeness (QED) is 0.557. The predicted molar refractivity (Wildman–Crippen MR) is 53.8 cm³/mol. The van der Waals surface area contributed by atoms with Crippen LogP contribution in [0.5, 0.6) is 0 Å². The van der Waals surface area contributed by atoms with Crippen LogP contribution in [0.2, 0.25) is 0 Å². The van der Waals surface area contributed by atoms with Gasteiger partial charge in [0.2, 0.25) is 5.82 Å². The fourth-order valence-corrected chi connectivity index (χ4v) is 1.57. The minimum absolute atomic E-state index is 0.0172. The van der Waals surface area contributed by atoms with Crippen molar-refractivity contribution in [3.8, 4) is 6.07 Å². The van der Waals surface area contributed by atoms with E-state index in [0.717, 1.165) is 0 Å². The first-order valence-electron chi connectivity index (χ1n) is 4.60. The highest BCUT2D eigenvalue weighted by Gasteiger charge is 2.32. The Labute approximate surface area is 90.7 Å². The van der Waals surface area contributed by atoms with Crippen LogP contribution in [0.25, 0.3) is 0 Å². The molecular weight excluding hydrogens is 212 g/mol. The number of hydrogen-bond acceptors (Lipinski definition) is 6. The molecule has 1 aliphatic rings. The summed E-state index contributed by atoms with van der Waals surface area (Å²) < 4.78 is 0. The number of hydrogen-bond donors (Lipinski definition) is 1. The van der Waals surface area contributed by atoms with E-state index in [1.807, 2.05) is 0 Å². The molecule has 1 aromatic heterocycles. The van der Waals surface area contributed by atoms with Gasteiger partial charge in [0.15, 0.2) is 0 Å². The zero-order valence-electron chi connectivity index (χ0n) is 8.20. The standard InChI is InChI=1S/C9H8N4O3/c10-3-6-1-2-11-9(8(6)13(15)16)12-4-7(14)5-12/h1-2,7,14H,4-5H2. The van der Waals surface area contributed by atoms with E-state index in [1.165, 1.54) is 12.3 Å². The number of rotatable bonds is 2. The molecule has 1 saturated heterocycles. The smallest absolute Gasteiger partial charge is 0.329 e. The summed E-state index contributed by atoms with van der Waals surface area (Å²) in [7, 11) is 0. The summed E-state index contributed by atoms with van der Waals surface area (Å²) in [5.41, 5.74) is -0.312. The summed E-state index contributed by atoms with van der Waals surface area (Å²) in [5.74, 6) is 0.148. The van der Waals surface area contributed by atoms with Crippen molar-refractivity contribution in [1.29, 1.82) is 5.26 Å². The van der Waals surface area contributed by atoms with Crippen LogP contribution in [-0.2, 0) is 0 Å². The van der Waals surface area contributed by atoms with Crippen molar-refractivity contribution >= 4 is 11.5 Å². The number of nitro groups is 1. The molecule has 82 valence electrons. The van der Waals surface area contributed by atoms with E-state index in [9.17, 15) is 10.1 Å². The summed E-state index contributed by atoms with van der Waals surface area (Å²) in [4.78, 5) is 15.7. The van der Waals surface area contributed by atoms with Crippen LogP contribution < -0.4 is 4.90 Å². The third-order valence-electron chi connectivity index (χ3n) is 2.37. The Kier molecular flexibility index (Phi) is 2.42. The Morgan fingerprint density at radius 3 is 2.88 bits per heavy atom. The van der Waals surface area contributed by atoms with Gasteiger partial charge in [0, 0.05) is 19.3 Å². The van der Waals surface area contributed by atoms with Crippen LogP contribution in [0.4, 0.5) is 11.5 Å². The molecular formula is C9H8N4O3. The van der Waals surface area contributed by atoms with Gasteiger partial charge in [0.05, 0.1) is 11.0 Å². The average Bonchev–Trinajstić information content (AvgIpc) is 2.23. The third kappa shape index (κ3) is 1.55. The molecule has 1 aromatic rings. The Morgan fingerprint density at radius 1 is 1.69 bits per heavy atom. The predicted octanol–water partition coefficient (Wildman–Crippen LogP) is 0.0424. The Bertz CT molecular complexity index is 476. The maximum Gasteiger partial charge on any atom is 0.329 e. The van der Waals surface area contributed by atoms with Gasteiger partial charge in [-0.05, 0) is 6.07 Å². The van der Waals surface area contributed by atoms with E-state index in [1.54, 1.807) is 11.0 Å². The van der Waals surface area contributed by atoms with E-state index < -0.39 is 11.0 Å². The van der Waals surface area contributed by atoms with Crippen LogP contribution in [0.3, 0.4) is 0 Å². The van der Waals surface area contributed by atoms with Gasteiger partial charge in [-0.3, -0.25) is 10.1 Å². The maximum atomic E-state index is 10.9. The first-order valence-corrected chi connectivity index (χ1v) is 4.60. The number of aliphatic hydroxyl groups excluding tert-OH is 1. The van der Waals surface area contributed by atoms with E-state index >= 15 is 0 Å². The molecule has 2 rings (SSSR count). The third-order valence-corrected chi connectivity index (χ3v) is 2.37. The highest BCUT2D eigenvalue weighted by atomic mass is 16.6. The van der Waals surface area contributed by atoms with Crippen LogP contribution >= 0.6 is 0 Å². The molecule has 1 aliphatic heterocycles. The highest BCUT2D eigenvalue weighted by molar-refractivity contribution is 5.66. The fourth-order valence-electron chi connectivity index (χ4n) is 1.57. The number of pyridine rings is 1. The number of aliphatic hydroxyl groups is 1. The summed E-state index contributed by atoms with van der Waals surface area (Å²) in [6.45, 7) is 0.617. The topological polar surface area (TPSA) is 103 Å². The molecule has 0 aliphatic carbocycles. The van der Waals surface area contributed by atoms with Crippen LogP contribution in [0.1, 0.15) is 5.56 Å². The van der Waals surface area contributed by atoms with Gasteiger partial charge in [-0.15, -0.1) is 0 Å². The van der Waals surface area contributed by atoms with Crippen LogP contribution in [0.15, 0.2) is 12.3 Å². The molecule has 0 atom stereocenters. The first-order chi connectivity index (χ1) is 7.63. The zero-order chi connectivity index (χ0) is 11.7. The lowest BCUT2D eigenvalue weighted by molar-refractivity contribution is -0.384. The van der Waals surface area contributed by atoms with Crippen molar-refractivity contribution in [1.82, 2.24) is 4.98 Å². The van der Waals surface area contributed by atoms with Crippen LogP contribution in [0, 0.1) is 21.4 Å². The van der Waals surface area contributed by atoms with Crippen molar-refractivity contribution in [2.45, 2.75) is 6.10 Å². The Balaban J connectivity index is 2.45. The minimum atomic E-state index is -0.619. The van der Waals surface area contributed by atoms with Crippen molar-refractivity contribution in [3.05, 3.63) is 27.9 Å². The monoisotopic (exact) mass is 220 g/mol. The SMILES string of the molecule is N#Cc1ccnc(N2CC(O)C2)c1[N+](=O)[O-]. The molecule has 1 fully saturated rings. The molecule has 0 spiro atoms. The van der Waals surface area contributed by atoms with Crippen LogP contribution in [-0.4, -0.2) is 34.2 Å². The highest BCUT2D eigenvalue weighted by Crippen LogP contribution is 2.31. The van der Waals surface area contributed by atoms with E-state index in [-0.39, 0.29) is 17.1 Å². The van der Waals surface area contributed by atoms with E-state index in [4.69, 9.17) is 10.4 Å². The van der Waals surface area contributed by atoms with Gasteiger partial charge in [0.25, 0.3) is 0 Å². The Hall–Kier alpha value is -2.20. The summed E-state index contributed by atoms with van der Waals surface area (Å²) in [5, 5.41) is 28.8. The van der Waals surface area contributed by atoms with Gasteiger partial charge in [-0.2, -0.15) is 5.26 Å². The Morgan fingerprint density at radius 2 is 2.38 bits per heavy atom. The molecule has 7 nitrogen and oxygen atoms in total. The van der Waals surface area contributed by atoms with Crippen molar-refractivity contribution in [3.63, 3.8) is 0 Å². The molecule has 0 amide bonds. The lowest BCUT2D eigenvalue weighted by Gasteiger charge is -2.36. The second kappa shape index (κ2) is 3.75. The largest absolute Gasteiger partial charge is 0.389 e. The maximum absolute atomic E-state index is 10.9. The molecule has 16 heavy (non-hydrogen) atoms. The lowest BCUT2D eigenvalue weighted by Crippen LogP contribution is -2.51. The fraction of sp³-hybridized carbons (Fsp3) is 0.333. The molecule has 1 N–H and O–H groups in total. The number of β-amino-alcohol motifs (C(OH)–C–C–N with tert-alkyl or cyclic N) is 1. The van der Waals surface area contributed by atoms with Crippen molar-refractivity contribution in [2.75, 3.05) is 18.0 Å². The molecule has 0 bridgehead atoms. The van der Waals surface area contributed by atoms with Crippen molar-refractivity contribution in [2.24, 2.45) is 0 Å². The normalized spacial score (nSPS) is 15.4. The van der Waals surface area contributed by atoms with Gasteiger partial charge in [-0.1, -0.05) is 0 Å². The molecule has 2 heterocycles.